The van der Waals surface area contributed by atoms with E-state index < -0.39 is 0 Å². The van der Waals surface area contributed by atoms with Crippen molar-refractivity contribution in [3.8, 4) is 34.6 Å². The van der Waals surface area contributed by atoms with Gasteiger partial charge in [0.2, 0.25) is 11.8 Å². The average Bonchev–Trinajstić information content (AvgIpc) is 3.54. The summed E-state index contributed by atoms with van der Waals surface area (Å²) in [7, 11) is 1.65. The predicted molar refractivity (Wildman–Crippen MR) is 141 cm³/mol. The van der Waals surface area contributed by atoms with E-state index in [2.05, 4.69) is 9.97 Å². The lowest BCUT2D eigenvalue weighted by Gasteiger charge is -2.26. The van der Waals surface area contributed by atoms with Crippen LogP contribution in [-0.4, -0.2) is 41.5 Å². The fourth-order valence-corrected chi connectivity index (χ4v) is 5.10. The van der Waals surface area contributed by atoms with E-state index in [1.807, 2.05) is 67.6 Å². The lowest BCUT2D eigenvalue weighted by atomic mass is 9.84. The third-order valence-corrected chi connectivity index (χ3v) is 6.90. The summed E-state index contributed by atoms with van der Waals surface area (Å²) < 4.78 is 15.4. The molecule has 0 saturated heterocycles. The Morgan fingerprint density at radius 1 is 0.974 bits per heavy atom. The maximum absolute atomic E-state index is 6.47. The quantitative estimate of drug-likeness (QED) is 0.296. The molecule has 1 aliphatic rings. The Morgan fingerprint density at radius 3 is 2.55 bits per heavy atom. The number of pyridine rings is 1. The number of benzene rings is 2. The van der Waals surface area contributed by atoms with Gasteiger partial charge < -0.3 is 9.47 Å². The van der Waals surface area contributed by atoms with Crippen LogP contribution < -0.4 is 9.47 Å². The van der Waals surface area contributed by atoms with Crippen molar-refractivity contribution < 1.29 is 9.47 Å². The van der Waals surface area contributed by atoms with Gasteiger partial charge in [0, 0.05) is 23.0 Å². The third kappa shape index (κ3) is 3.51. The summed E-state index contributed by atoms with van der Waals surface area (Å²) in [5, 5.41) is 10.2. The standard InChI is InChI=1S/C28H20ClN7O2/c1-16-22-23(17-6-8-21(37-2)9-7-17)24-26-32-25(18-10-12-30-13-11-18)34-35(26)15-31-27(24)38-28(22)36(33-16)20-5-3-4-19(29)14-20/h3-15,23H,1-2H3. The molecule has 4 aromatic heterocycles. The summed E-state index contributed by atoms with van der Waals surface area (Å²) in [5.74, 6) is 2.12. The smallest absolute Gasteiger partial charge is 0.230 e. The van der Waals surface area contributed by atoms with Crippen molar-refractivity contribution >= 4 is 17.2 Å². The molecule has 0 saturated carbocycles. The highest BCUT2D eigenvalue weighted by Crippen LogP contribution is 2.50. The molecular weight excluding hydrogens is 502 g/mol. The molecule has 0 spiro atoms. The highest BCUT2D eigenvalue weighted by atomic mass is 35.5. The zero-order valence-electron chi connectivity index (χ0n) is 20.4. The largest absolute Gasteiger partial charge is 0.497 e. The second-order valence-electron chi connectivity index (χ2n) is 8.91. The normalized spacial score (nSPS) is 14.1. The number of nitrogens with zero attached hydrogens (tertiary/aromatic N) is 7. The summed E-state index contributed by atoms with van der Waals surface area (Å²) in [6.07, 6.45) is 5.06. The molecule has 9 nitrogen and oxygen atoms in total. The van der Waals surface area contributed by atoms with Gasteiger partial charge in [-0.1, -0.05) is 29.8 Å². The van der Waals surface area contributed by atoms with Gasteiger partial charge in [0.05, 0.1) is 35.5 Å². The van der Waals surface area contributed by atoms with Gasteiger partial charge in [-0.05, 0) is 55.0 Å². The number of hydrogen-bond donors (Lipinski definition) is 0. The molecule has 1 aliphatic heterocycles. The maximum Gasteiger partial charge on any atom is 0.230 e. The Kier molecular flexibility index (Phi) is 5.12. The first-order valence-electron chi connectivity index (χ1n) is 11.9. The molecule has 0 radical (unpaired) electrons. The average molecular weight is 522 g/mol. The fraction of sp³-hybridized carbons (Fsp3) is 0.107. The summed E-state index contributed by atoms with van der Waals surface area (Å²) in [4.78, 5) is 13.7. The van der Waals surface area contributed by atoms with Crippen molar-refractivity contribution in [3.05, 3.63) is 107 Å². The van der Waals surface area contributed by atoms with Crippen LogP contribution in [0, 0.1) is 6.92 Å². The lowest BCUT2D eigenvalue weighted by molar-refractivity contribution is 0.402. The Labute approximate surface area is 222 Å². The number of halogens is 1. The van der Waals surface area contributed by atoms with Crippen molar-refractivity contribution in [2.75, 3.05) is 7.11 Å². The Morgan fingerprint density at radius 2 is 1.79 bits per heavy atom. The van der Waals surface area contributed by atoms with Gasteiger partial charge in [0.25, 0.3) is 0 Å². The van der Waals surface area contributed by atoms with Crippen LogP contribution in [-0.2, 0) is 0 Å². The van der Waals surface area contributed by atoms with Crippen molar-refractivity contribution in [1.82, 2.24) is 34.3 Å². The minimum absolute atomic E-state index is 0.265. The monoisotopic (exact) mass is 521 g/mol. The molecule has 5 heterocycles. The van der Waals surface area contributed by atoms with Crippen molar-refractivity contribution in [1.29, 1.82) is 0 Å². The molecule has 6 aromatic rings. The Balaban J connectivity index is 1.48. The first kappa shape index (κ1) is 22.4. The van der Waals surface area contributed by atoms with E-state index in [9.17, 15) is 0 Å². The summed E-state index contributed by atoms with van der Waals surface area (Å²) in [6, 6.07) is 19.2. The van der Waals surface area contributed by atoms with Crippen LogP contribution in [0.2, 0.25) is 5.02 Å². The van der Waals surface area contributed by atoms with Gasteiger partial charge in [-0.15, -0.1) is 5.10 Å². The minimum Gasteiger partial charge on any atom is -0.497 e. The SMILES string of the molecule is COc1ccc(C2c3c(C)nn(-c4cccc(Cl)c4)c3Oc3ncn4nc(-c5ccncc5)nc4c32)cc1. The Hall–Kier alpha value is -4.76. The summed E-state index contributed by atoms with van der Waals surface area (Å²) in [6.45, 7) is 1.98. The number of aryl methyl sites for hydroxylation is 1. The highest BCUT2D eigenvalue weighted by molar-refractivity contribution is 6.30. The molecule has 0 N–H and O–H groups in total. The van der Waals surface area contributed by atoms with E-state index >= 15 is 0 Å². The number of aromatic nitrogens is 7. The molecular formula is C28H20ClN7O2. The summed E-state index contributed by atoms with van der Waals surface area (Å²) >= 11 is 6.31. The van der Waals surface area contributed by atoms with Gasteiger partial charge in [-0.25, -0.2) is 19.2 Å². The third-order valence-electron chi connectivity index (χ3n) is 6.66. The van der Waals surface area contributed by atoms with Gasteiger partial charge >= 0.3 is 0 Å². The molecule has 0 amide bonds. The molecule has 10 heteroatoms. The second-order valence-corrected chi connectivity index (χ2v) is 9.34. The van der Waals surface area contributed by atoms with Crippen molar-refractivity contribution in [3.63, 3.8) is 0 Å². The van der Waals surface area contributed by atoms with Crippen LogP contribution in [0.15, 0.2) is 79.4 Å². The van der Waals surface area contributed by atoms with Gasteiger partial charge in [0.15, 0.2) is 11.5 Å². The van der Waals surface area contributed by atoms with Crippen molar-refractivity contribution in [2.45, 2.75) is 12.8 Å². The molecule has 186 valence electrons. The lowest BCUT2D eigenvalue weighted by Crippen LogP contribution is -2.16. The predicted octanol–water partition coefficient (Wildman–Crippen LogP) is 5.63. The van der Waals surface area contributed by atoms with E-state index in [4.69, 9.17) is 36.3 Å². The van der Waals surface area contributed by atoms with E-state index in [-0.39, 0.29) is 5.92 Å². The van der Waals surface area contributed by atoms with Gasteiger partial charge in [-0.3, -0.25) is 4.98 Å². The topological polar surface area (TPSA) is 92.2 Å². The summed E-state index contributed by atoms with van der Waals surface area (Å²) in [5.41, 5.74) is 5.89. The Bertz CT molecular complexity index is 1810. The molecule has 1 unspecified atom stereocenters. The molecule has 38 heavy (non-hydrogen) atoms. The number of methoxy groups -OCH3 is 1. The van der Waals surface area contributed by atoms with E-state index in [0.717, 1.165) is 39.4 Å². The molecule has 0 aliphatic carbocycles. The van der Waals surface area contributed by atoms with Gasteiger partial charge in [-0.2, -0.15) is 5.10 Å². The second kappa shape index (κ2) is 8.67. The number of rotatable bonds is 4. The van der Waals surface area contributed by atoms with Crippen LogP contribution in [0.1, 0.15) is 28.3 Å². The molecule has 0 bridgehead atoms. The molecule has 2 aromatic carbocycles. The fourth-order valence-electron chi connectivity index (χ4n) is 4.91. The molecule has 0 fully saturated rings. The van der Waals surface area contributed by atoms with Crippen LogP contribution in [0.25, 0.3) is 22.7 Å². The molecule has 1 atom stereocenters. The number of hydrogen-bond acceptors (Lipinski definition) is 7. The molecule has 7 rings (SSSR count). The maximum atomic E-state index is 6.47. The van der Waals surface area contributed by atoms with E-state index in [0.29, 0.717) is 28.3 Å². The van der Waals surface area contributed by atoms with Crippen LogP contribution in [0.5, 0.6) is 17.5 Å². The number of fused-ring (bicyclic) bond motifs is 4. The highest BCUT2D eigenvalue weighted by Gasteiger charge is 2.38. The van der Waals surface area contributed by atoms with Gasteiger partial charge in [0.1, 0.15) is 12.1 Å². The van der Waals surface area contributed by atoms with E-state index in [1.165, 1.54) is 0 Å². The zero-order chi connectivity index (χ0) is 25.8. The zero-order valence-corrected chi connectivity index (χ0v) is 21.2. The van der Waals surface area contributed by atoms with Crippen molar-refractivity contribution in [2.24, 2.45) is 0 Å². The first-order chi connectivity index (χ1) is 18.6. The van der Waals surface area contributed by atoms with Crippen LogP contribution >= 0.6 is 11.6 Å². The number of ether oxygens (including phenoxy) is 2. The first-order valence-corrected chi connectivity index (χ1v) is 12.3. The van der Waals surface area contributed by atoms with Crippen LogP contribution in [0.3, 0.4) is 0 Å². The van der Waals surface area contributed by atoms with Crippen LogP contribution in [0.4, 0.5) is 0 Å². The minimum atomic E-state index is -0.265. The van der Waals surface area contributed by atoms with E-state index in [1.54, 1.807) is 35.0 Å².